The van der Waals surface area contributed by atoms with Gasteiger partial charge in [-0.05, 0) is 6.42 Å². The zero-order valence-electron chi connectivity index (χ0n) is 6.33. The summed E-state index contributed by atoms with van der Waals surface area (Å²) in [5.41, 5.74) is 0. The molecule has 0 bridgehead atoms. The van der Waals surface area contributed by atoms with E-state index in [0.29, 0.717) is 0 Å². The average molecular weight is 138 g/mol. The van der Waals surface area contributed by atoms with Crippen molar-refractivity contribution in [2.45, 2.75) is 25.9 Å². The molecule has 1 rings (SSSR count). The van der Waals surface area contributed by atoms with E-state index in [9.17, 15) is 5.11 Å². The van der Waals surface area contributed by atoms with Crippen molar-refractivity contribution < 1.29 is 5.11 Å². The van der Waals surface area contributed by atoms with Crippen molar-refractivity contribution in [2.75, 3.05) is 0 Å². The van der Waals surface area contributed by atoms with Gasteiger partial charge in [0.15, 0.2) is 0 Å². The van der Waals surface area contributed by atoms with Crippen molar-refractivity contribution >= 4 is 0 Å². The molecular formula is C9H14O. The molecule has 10 heavy (non-hydrogen) atoms. The van der Waals surface area contributed by atoms with Gasteiger partial charge in [-0.2, -0.15) is 0 Å². The highest BCUT2D eigenvalue weighted by molar-refractivity contribution is 5.18. The fraction of sp³-hybridized carbons (Fsp3) is 0.556. The van der Waals surface area contributed by atoms with Crippen molar-refractivity contribution in [3.8, 4) is 0 Å². The molecule has 56 valence electrons. The fourth-order valence-electron chi connectivity index (χ4n) is 1.19. The van der Waals surface area contributed by atoms with E-state index >= 15 is 0 Å². The summed E-state index contributed by atoms with van der Waals surface area (Å²) in [5.74, 6) is 0.278. The van der Waals surface area contributed by atoms with Gasteiger partial charge in [-0.1, -0.05) is 37.6 Å². The van der Waals surface area contributed by atoms with Gasteiger partial charge in [-0.25, -0.2) is 0 Å². The molecule has 0 saturated carbocycles. The highest BCUT2D eigenvalue weighted by atomic mass is 16.3. The van der Waals surface area contributed by atoms with Crippen LogP contribution in [0.2, 0.25) is 0 Å². The Hall–Kier alpha value is -0.560. The molecule has 0 unspecified atom stereocenters. The summed E-state index contributed by atoms with van der Waals surface area (Å²) in [4.78, 5) is 0. The largest absolute Gasteiger partial charge is 0.392 e. The Morgan fingerprint density at radius 1 is 1.40 bits per heavy atom. The smallest absolute Gasteiger partial charge is 0.0637 e. The third kappa shape index (κ3) is 1.71. The van der Waals surface area contributed by atoms with Crippen LogP contribution < -0.4 is 0 Å². The van der Waals surface area contributed by atoms with Crippen molar-refractivity contribution in [3.63, 3.8) is 0 Å². The van der Waals surface area contributed by atoms with Gasteiger partial charge < -0.3 is 5.11 Å². The Morgan fingerprint density at radius 3 is 2.50 bits per heavy atom. The molecule has 1 aliphatic rings. The Labute approximate surface area is 62.1 Å². The van der Waals surface area contributed by atoms with Crippen LogP contribution in [0.4, 0.5) is 0 Å². The van der Waals surface area contributed by atoms with Crippen molar-refractivity contribution in [2.24, 2.45) is 5.92 Å². The van der Waals surface area contributed by atoms with Gasteiger partial charge in [0.05, 0.1) is 6.10 Å². The molecule has 0 fully saturated rings. The van der Waals surface area contributed by atoms with Crippen LogP contribution in [0, 0.1) is 5.92 Å². The number of rotatable bonds is 3. The molecule has 1 nitrogen and oxygen atoms in total. The predicted octanol–water partition coefficient (Wildman–Crippen LogP) is 1.89. The molecule has 0 aromatic rings. The van der Waals surface area contributed by atoms with Gasteiger partial charge in [-0.3, -0.25) is 0 Å². The fourth-order valence-corrected chi connectivity index (χ4v) is 1.19. The van der Waals surface area contributed by atoms with Crippen LogP contribution in [0.5, 0.6) is 0 Å². The van der Waals surface area contributed by atoms with Gasteiger partial charge in [-0.15, -0.1) is 0 Å². The number of hydrogen-bond donors (Lipinski definition) is 1. The third-order valence-corrected chi connectivity index (χ3v) is 1.81. The molecule has 0 heterocycles. The monoisotopic (exact) mass is 138 g/mol. The van der Waals surface area contributed by atoms with E-state index in [-0.39, 0.29) is 12.0 Å². The summed E-state index contributed by atoms with van der Waals surface area (Å²) in [5, 5.41) is 9.45. The van der Waals surface area contributed by atoms with Crippen LogP contribution in [-0.2, 0) is 0 Å². The third-order valence-electron chi connectivity index (χ3n) is 1.81. The Bertz CT molecular complexity index is 135. The SMILES string of the molecule is CCC[C@@H](O)C1C=CC=C1. The summed E-state index contributed by atoms with van der Waals surface area (Å²) in [7, 11) is 0. The van der Waals surface area contributed by atoms with Crippen LogP contribution in [0.25, 0.3) is 0 Å². The Kier molecular flexibility index (Phi) is 2.69. The molecule has 0 aromatic carbocycles. The highest BCUT2D eigenvalue weighted by Gasteiger charge is 2.13. The van der Waals surface area contributed by atoms with Crippen LogP contribution >= 0.6 is 0 Å². The van der Waals surface area contributed by atoms with Gasteiger partial charge in [0.1, 0.15) is 0 Å². The summed E-state index contributed by atoms with van der Waals surface area (Å²) < 4.78 is 0. The maximum atomic E-state index is 9.45. The molecule has 0 radical (unpaired) electrons. The molecule has 0 aliphatic heterocycles. The van der Waals surface area contributed by atoms with Crippen LogP contribution in [0.15, 0.2) is 24.3 Å². The van der Waals surface area contributed by atoms with E-state index in [2.05, 4.69) is 6.92 Å². The van der Waals surface area contributed by atoms with Gasteiger partial charge in [0, 0.05) is 5.92 Å². The van der Waals surface area contributed by atoms with Crippen molar-refractivity contribution in [1.29, 1.82) is 0 Å². The van der Waals surface area contributed by atoms with E-state index < -0.39 is 0 Å². The number of aliphatic hydroxyl groups is 1. The highest BCUT2D eigenvalue weighted by Crippen LogP contribution is 2.16. The summed E-state index contributed by atoms with van der Waals surface area (Å²) in [6, 6.07) is 0. The van der Waals surface area contributed by atoms with E-state index in [1.807, 2.05) is 24.3 Å². The molecule has 0 spiro atoms. The quantitative estimate of drug-likeness (QED) is 0.631. The van der Waals surface area contributed by atoms with E-state index in [0.717, 1.165) is 12.8 Å². The summed E-state index contributed by atoms with van der Waals surface area (Å²) in [6.45, 7) is 2.09. The first kappa shape index (κ1) is 7.55. The maximum absolute atomic E-state index is 9.45. The molecule has 1 atom stereocenters. The van der Waals surface area contributed by atoms with Gasteiger partial charge >= 0.3 is 0 Å². The molecule has 1 N–H and O–H groups in total. The lowest BCUT2D eigenvalue weighted by molar-refractivity contribution is 0.139. The zero-order chi connectivity index (χ0) is 7.40. The molecule has 0 amide bonds. The number of aliphatic hydroxyl groups excluding tert-OH is 1. The van der Waals surface area contributed by atoms with E-state index in [4.69, 9.17) is 0 Å². The second-order valence-corrected chi connectivity index (χ2v) is 2.70. The van der Waals surface area contributed by atoms with Crippen LogP contribution in [0.1, 0.15) is 19.8 Å². The number of allylic oxidation sites excluding steroid dienone is 2. The van der Waals surface area contributed by atoms with Crippen molar-refractivity contribution in [1.82, 2.24) is 0 Å². The first-order valence-electron chi connectivity index (χ1n) is 3.87. The molecule has 1 heteroatoms. The lowest BCUT2D eigenvalue weighted by Gasteiger charge is -2.12. The lowest BCUT2D eigenvalue weighted by atomic mass is 10.0. The molecule has 0 saturated heterocycles. The second-order valence-electron chi connectivity index (χ2n) is 2.70. The lowest BCUT2D eigenvalue weighted by Crippen LogP contribution is -2.14. The molecule has 1 aliphatic carbocycles. The van der Waals surface area contributed by atoms with Crippen LogP contribution in [0.3, 0.4) is 0 Å². The van der Waals surface area contributed by atoms with Crippen LogP contribution in [-0.4, -0.2) is 11.2 Å². The topological polar surface area (TPSA) is 20.2 Å². The van der Waals surface area contributed by atoms with Gasteiger partial charge in [0.2, 0.25) is 0 Å². The minimum absolute atomic E-state index is 0.167. The summed E-state index contributed by atoms with van der Waals surface area (Å²) in [6.07, 6.45) is 9.85. The van der Waals surface area contributed by atoms with E-state index in [1.165, 1.54) is 0 Å². The molecular weight excluding hydrogens is 124 g/mol. The maximum Gasteiger partial charge on any atom is 0.0637 e. The minimum Gasteiger partial charge on any atom is -0.392 e. The first-order valence-corrected chi connectivity index (χ1v) is 3.87. The van der Waals surface area contributed by atoms with E-state index in [1.54, 1.807) is 0 Å². The molecule has 0 aromatic heterocycles. The number of hydrogen-bond acceptors (Lipinski definition) is 1. The second kappa shape index (κ2) is 3.57. The normalized spacial score (nSPS) is 20.2. The standard InChI is InChI=1S/C9H14O/c1-2-5-9(10)8-6-3-4-7-8/h3-4,6-10H,2,5H2,1H3/t9-/m1/s1. The predicted molar refractivity (Wildman–Crippen MR) is 42.7 cm³/mol. The summed E-state index contributed by atoms with van der Waals surface area (Å²) >= 11 is 0. The Balaban J connectivity index is 2.33. The zero-order valence-corrected chi connectivity index (χ0v) is 6.33. The average Bonchev–Trinajstić information content (AvgIpc) is 2.38. The first-order chi connectivity index (χ1) is 4.84. The Morgan fingerprint density at radius 2 is 2.00 bits per heavy atom. The van der Waals surface area contributed by atoms with Gasteiger partial charge in [0.25, 0.3) is 0 Å². The minimum atomic E-state index is -0.167. The van der Waals surface area contributed by atoms with Crippen molar-refractivity contribution in [3.05, 3.63) is 24.3 Å².